The van der Waals surface area contributed by atoms with Crippen LogP contribution in [-0.4, -0.2) is 5.91 Å². The van der Waals surface area contributed by atoms with Gasteiger partial charge in [-0.15, -0.1) is 0 Å². The van der Waals surface area contributed by atoms with Crippen LogP contribution in [0.4, 0.5) is 5.69 Å². The zero-order chi connectivity index (χ0) is 19.9. The van der Waals surface area contributed by atoms with Crippen LogP contribution in [0.1, 0.15) is 54.5 Å². The summed E-state index contributed by atoms with van der Waals surface area (Å²) in [6.45, 7) is 4.06. The summed E-state index contributed by atoms with van der Waals surface area (Å²) >= 11 is 0. The lowest BCUT2D eigenvalue weighted by Gasteiger charge is -2.21. The summed E-state index contributed by atoms with van der Waals surface area (Å²) in [6, 6.07) is 16.3. The second-order valence-corrected chi connectivity index (χ2v) is 7.36. The van der Waals surface area contributed by atoms with Crippen LogP contribution in [-0.2, 0) is 17.6 Å². The van der Waals surface area contributed by atoms with Crippen molar-refractivity contribution in [1.82, 2.24) is 5.32 Å². The standard InChI is InChI=1S/C24H27N3O/c1-3-23(20-12-11-18-8-4-5-9-19(18)14-20)26-16-21(15-25)24(28)27-22-10-6-7-17(2)13-22/h6-7,10-14,16,23,26H,3-5,8-9H2,1-2H3,(H,27,28)/b21-16-. The summed E-state index contributed by atoms with van der Waals surface area (Å²) < 4.78 is 0. The lowest BCUT2D eigenvalue weighted by Crippen LogP contribution is -2.20. The number of nitrogens with one attached hydrogen (secondary N) is 2. The van der Waals surface area contributed by atoms with Crippen LogP contribution in [0.5, 0.6) is 0 Å². The summed E-state index contributed by atoms with van der Waals surface area (Å²) in [5.41, 5.74) is 5.90. The number of hydrogen-bond donors (Lipinski definition) is 2. The molecule has 2 N–H and O–H groups in total. The summed E-state index contributed by atoms with van der Waals surface area (Å²) in [6.07, 6.45) is 7.23. The Kier molecular flexibility index (Phi) is 6.49. The SMILES string of the molecule is CCC(N/C=C(/C#N)C(=O)Nc1cccc(C)c1)c1ccc2c(c1)CCCC2. The van der Waals surface area contributed by atoms with Crippen LogP contribution in [0, 0.1) is 18.3 Å². The minimum absolute atomic E-state index is 0.0675. The van der Waals surface area contributed by atoms with Crippen molar-refractivity contribution >= 4 is 11.6 Å². The lowest BCUT2D eigenvalue weighted by molar-refractivity contribution is -0.112. The molecule has 0 aliphatic heterocycles. The van der Waals surface area contributed by atoms with Gasteiger partial charge in [-0.25, -0.2) is 0 Å². The summed E-state index contributed by atoms with van der Waals surface area (Å²) in [4.78, 5) is 12.4. The maximum atomic E-state index is 12.4. The molecule has 3 rings (SSSR count). The Hall–Kier alpha value is -3.06. The average Bonchev–Trinajstić information content (AvgIpc) is 2.71. The lowest BCUT2D eigenvalue weighted by atomic mass is 9.89. The molecule has 0 bridgehead atoms. The molecule has 1 aliphatic rings. The van der Waals surface area contributed by atoms with Gasteiger partial charge in [0.05, 0.1) is 6.04 Å². The van der Waals surface area contributed by atoms with E-state index in [4.69, 9.17) is 0 Å². The third kappa shape index (κ3) is 4.80. The molecule has 2 aromatic carbocycles. The minimum atomic E-state index is -0.402. The van der Waals surface area contributed by atoms with E-state index in [9.17, 15) is 10.1 Å². The fourth-order valence-electron chi connectivity index (χ4n) is 3.67. The molecule has 28 heavy (non-hydrogen) atoms. The molecule has 0 fully saturated rings. The average molecular weight is 374 g/mol. The van der Waals surface area contributed by atoms with E-state index in [2.05, 4.69) is 35.8 Å². The molecule has 144 valence electrons. The Morgan fingerprint density at radius 3 is 2.68 bits per heavy atom. The molecular formula is C24H27N3O. The topological polar surface area (TPSA) is 64.9 Å². The van der Waals surface area contributed by atoms with Crippen LogP contribution in [0.2, 0.25) is 0 Å². The molecule has 2 aromatic rings. The number of hydrogen-bond acceptors (Lipinski definition) is 3. The highest BCUT2D eigenvalue weighted by atomic mass is 16.1. The first-order valence-corrected chi connectivity index (χ1v) is 9.96. The predicted octanol–water partition coefficient (Wildman–Crippen LogP) is 4.96. The molecule has 1 amide bonds. The van der Waals surface area contributed by atoms with Crippen molar-refractivity contribution < 1.29 is 4.79 Å². The Labute approximate surface area is 167 Å². The van der Waals surface area contributed by atoms with Crippen molar-refractivity contribution in [3.63, 3.8) is 0 Å². The second-order valence-electron chi connectivity index (χ2n) is 7.36. The van der Waals surface area contributed by atoms with E-state index in [0.29, 0.717) is 5.69 Å². The van der Waals surface area contributed by atoms with Crippen molar-refractivity contribution in [3.05, 3.63) is 76.5 Å². The van der Waals surface area contributed by atoms with Gasteiger partial charge >= 0.3 is 0 Å². The van der Waals surface area contributed by atoms with Gasteiger partial charge in [0.2, 0.25) is 0 Å². The van der Waals surface area contributed by atoms with Crippen LogP contribution in [0.25, 0.3) is 0 Å². The van der Waals surface area contributed by atoms with E-state index >= 15 is 0 Å². The van der Waals surface area contributed by atoms with Crippen LogP contribution >= 0.6 is 0 Å². The number of amides is 1. The van der Waals surface area contributed by atoms with Crippen molar-refractivity contribution in [2.45, 2.75) is 52.0 Å². The molecule has 0 spiro atoms. The Balaban J connectivity index is 1.71. The zero-order valence-electron chi connectivity index (χ0n) is 16.6. The quantitative estimate of drug-likeness (QED) is 0.555. The maximum absolute atomic E-state index is 12.4. The fraction of sp³-hybridized carbons (Fsp3) is 0.333. The zero-order valence-corrected chi connectivity index (χ0v) is 16.6. The van der Waals surface area contributed by atoms with Crippen molar-refractivity contribution in [2.75, 3.05) is 5.32 Å². The van der Waals surface area contributed by atoms with Gasteiger partial charge < -0.3 is 10.6 Å². The molecule has 0 saturated carbocycles. The fourth-order valence-corrected chi connectivity index (χ4v) is 3.67. The van der Waals surface area contributed by atoms with E-state index in [1.54, 1.807) is 6.20 Å². The number of carbonyl (C=O) groups excluding carboxylic acids is 1. The molecule has 1 unspecified atom stereocenters. The van der Waals surface area contributed by atoms with Gasteiger partial charge in [0.1, 0.15) is 11.6 Å². The second kappa shape index (κ2) is 9.23. The molecule has 1 aliphatic carbocycles. The number of anilines is 1. The first-order chi connectivity index (χ1) is 13.6. The molecule has 0 heterocycles. The number of carbonyl (C=O) groups is 1. The normalized spacial score (nSPS) is 14.5. The Morgan fingerprint density at radius 2 is 1.96 bits per heavy atom. The summed E-state index contributed by atoms with van der Waals surface area (Å²) in [5, 5.41) is 15.5. The highest BCUT2D eigenvalue weighted by Crippen LogP contribution is 2.26. The van der Waals surface area contributed by atoms with Crippen LogP contribution in [0.3, 0.4) is 0 Å². The molecule has 0 saturated heterocycles. The van der Waals surface area contributed by atoms with E-state index < -0.39 is 5.91 Å². The number of nitriles is 1. The smallest absolute Gasteiger partial charge is 0.267 e. The molecule has 4 heteroatoms. The monoisotopic (exact) mass is 373 g/mol. The first kappa shape index (κ1) is 19.7. The van der Waals surface area contributed by atoms with Gasteiger partial charge in [0, 0.05) is 11.9 Å². The largest absolute Gasteiger partial charge is 0.383 e. The molecule has 4 nitrogen and oxygen atoms in total. The van der Waals surface area contributed by atoms with Gasteiger partial charge in [0.25, 0.3) is 5.91 Å². The van der Waals surface area contributed by atoms with Gasteiger partial charge in [-0.2, -0.15) is 5.26 Å². The van der Waals surface area contributed by atoms with Crippen LogP contribution < -0.4 is 10.6 Å². The van der Waals surface area contributed by atoms with Crippen molar-refractivity contribution in [2.24, 2.45) is 0 Å². The van der Waals surface area contributed by atoms with Gasteiger partial charge in [-0.3, -0.25) is 4.79 Å². The predicted molar refractivity (Wildman–Crippen MR) is 113 cm³/mol. The summed E-state index contributed by atoms with van der Waals surface area (Å²) in [7, 11) is 0. The van der Waals surface area contributed by atoms with E-state index in [1.165, 1.54) is 29.5 Å². The third-order valence-corrected chi connectivity index (χ3v) is 5.25. The minimum Gasteiger partial charge on any atom is -0.383 e. The van der Waals surface area contributed by atoms with Crippen LogP contribution in [0.15, 0.2) is 54.2 Å². The summed E-state index contributed by atoms with van der Waals surface area (Å²) in [5.74, 6) is -0.402. The van der Waals surface area contributed by atoms with Gasteiger partial charge in [0.15, 0.2) is 0 Å². The highest BCUT2D eigenvalue weighted by molar-refractivity contribution is 6.06. The van der Waals surface area contributed by atoms with Crippen molar-refractivity contribution in [1.29, 1.82) is 5.26 Å². The Morgan fingerprint density at radius 1 is 1.18 bits per heavy atom. The van der Waals surface area contributed by atoms with E-state index in [1.807, 2.05) is 37.3 Å². The van der Waals surface area contributed by atoms with E-state index in [-0.39, 0.29) is 11.6 Å². The molecular weight excluding hydrogens is 346 g/mol. The van der Waals surface area contributed by atoms with Gasteiger partial charge in [-0.1, -0.05) is 37.3 Å². The van der Waals surface area contributed by atoms with E-state index in [0.717, 1.165) is 24.8 Å². The molecule has 1 atom stereocenters. The number of aryl methyl sites for hydroxylation is 3. The van der Waals surface area contributed by atoms with Gasteiger partial charge in [-0.05, 0) is 73.4 Å². The molecule has 0 radical (unpaired) electrons. The number of rotatable bonds is 6. The third-order valence-electron chi connectivity index (χ3n) is 5.25. The number of benzene rings is 2. The number of nitrogens with zero attached hydrogens (tertiary/aromatic N) is 1. The van der Waals surface area contributed by atoms with Crippen molar-refractivity contribution in [3.8, 4) is 6.07 Å². The first-order valence-electron chi connectivity index (χ1n) is 9.96. The maximum Gasteiger partial charge on any atom is 0.267 e. The molecule has 0 aromatic heterocycles. The Bertz CT molecular complexity index is 924. The highest BCUT2D eigenvalue weighted by Gasteiger charge is 2.15. The number of fused-ring (bicyclic) bond motifs is 1.